The van der Waals surface area contributed by atoms with Crippen LogP contribution >= 0.6 is 11.8 Å². The summed E-state index contributed by atoms with van der Waals surface area (Å²) in [5, 5.41) is 37.5. The number of aryl methyl sites for hydroxylation is 3. The van der Waals surface area contributed by atoms with Crippen molar-refractivity contribution in [3.8, 4) is 29.3 Å². The van der Waals surface area contributed by atoms with E-state index in [9.17, 15) is 20.4 Å². The molecule has 0 saturated heterocycles. The molecule has 162 valence electrons. The van der Waals surface area contributed by atoms with E-state index in [0.717, 1.165) is 27.6 Å². The number of pyridine rings is 1. The Balaban J connectivity index is 2.03. The summed E-state index contributed by atoms with van der Waals surface area (Å²) in [6.07, 6.45) is 0. The monoisotopic (exact) mass is 449 g/mol. The average Bonchev–Trinajstić information content (AvgIpc) is 3.08. The third-order valence-corrected chi connectivity index (χ3v) is 5.89. The van der Waals surface area contributed by atoms with E-state index in [2.05, 4.69) is 20.1 Å². The van der Waals surface area contributed by atoms with Gasteiger partial charge < -0.3 is 20.7 Å². The van der Waals surface area contributed by atoms with Gasteiger partial charge in [0.15, 0.2) is 13.0 Å². The Morgan fingerprint density at radius 2 is 1.91 bits per heavy atom. The van der Waals surface area contributed by atoms with Crippen molar-refractivity contribution in [1.29, 1.82) is 10.5 Å². The molecule has 2 heterocycles. The fourth-order valence-corrected chi connectivity index (χ4v) is 4.07. The summed E-state index contributed by atoms with van der Waals surface area (Å²) in [5.74, 6) is -1.31. The number of hydrogen-bond donors (Lipinski definition) is 2. The number of rotatable bonds is 5. The highest BCUT2D eigenvalue weighted by molar-refractivity contribution is 8.00. The van der Waals surface area contributed by atoms with E-state index in [0.29, 0.717) is 5.69 Å². The number of aromatic nitrogens is 3. The Labute approximate surface area is 188 Å². The molecule has 3 rings (SSSR count). The highest BCUT2D eigenvalue weighted by atomic mass is 32.2. The molecule has 3 N–H and O–H groups in total. The first-order valence-corrected chi connectivity index (χ1v) is 10.3. The zero-order valence-electron chi connectivity index (χ0n) is 17.8. The predicted molar refractivity (Wildman–Crippen MR) is 114 cm³/mol. The van der Waals surface area contributed by atoms with Crippen molar-refractivity contribution in [2.24, 2.45) is 7.05 Å². The van der Waals surface area contributed by atoms with Crippen molar-refractivity contribution in [2.75, 3.05) is 11.1 Å². The summed E-state index contributed by atoms with van der Waals surface area (Å²) in [4.78, 5) is 17.0. The number of nitrogens with two attached hydrogens (primary N) is 1. The van der Waals surface area contributed by atoms with Gasteiger partial charge in [-0.3, -0.25) is 4.79 Å². The van der Waals surface area contributed by atoms with Crippen molar-refractivity contribution in [3.05, 3.63) is 40.5 Å². The Morgan fingerprint density at radius 1 is 1.28 bits per heavy atom. The minimum absolute atomic E-state index is 0.0268. The molecule has 0 aliphatic carbocycles. The highest BCUT2D eigenvalue weighted by Gasteiger charge is 2.30. The third-order valence-electron chi connectivity index (χ3n) is 4.80. The second-order valence-electron chi connectivity index (χ2n) is 7.00. The number of thioether (sulfide) groups is 1. The number of nitrogens with zero attached hydrogens (tertiary/aromatic N) is 5. The molecular formula is C21H19N7O3S. The highest BCUT2D eigenvalue weighted by Crippen LogP contribution is 2.38. The van der Waals surface area contributed by atoms with Gasteiger partial charge in [-0.05, 0) is 31.9 Å². The standard InChI is InChI=1S/C21H19N7O3S/c1-10-6-5-7-11(2)16(10)25-19(29)12(3)32-20-14(9-23)15(13(8-22)18(24)26-20)17-21(30)31-27-28(17)4/h5-7,12H,1-4H3,(H3-,24,25,26,27,29,30). The van der Waals surface area contributed by atoms with E-state index >= 15 is 0 Å². The molecule has 11 heteroatoms. The zero-order valence-corrected chi connectivity index (χ0v) is 18.6. The van der Waals surface area contributed by atoms with Crippen LogP contribution in [0.5, 0.6) is 5.95 Å². The average molecular weight is 449 g/mol. The first-order valence-electron chi connectivity index (χ1n) is 9.40. The van der Waals surface area contributed by atoms with Crippen LogP contribution in [0.15, 0.2) is 27.7 Å². The summed E-state index contributed by atoms with van der Waals surface area (Å²) < 4.78 is 5.76. The van der Waals surface area contributed by atoms with Gasteiger partial charge in [0.25, 0.3) is 5.69 Å². The Hall–Kier alpha value is -4.09. The fraction of sp³-hybridized carbons (Fsp3) is 0.238. The number of hydrogen-bond acceptors (Lipinski definition) is 9. The molecule has 3 aromatic rings. The Kier molecular flexibility index (Phi) is 6.32. The molecule has 10 nitrogen and oxygen atoms in total. The van der Waals surface area contributed by atoms with Gasteiger partial charge in [-0.25, -0.2) is 4.98 Å². The molecule has 1 amide bonds. The number of amides is 1. The topological polar surface area (TPSA) is 169 Å². The number of benzene rings is 1. The van der Waals surface area contributed by atoms with Crippen LogP contribution in [0.25, 0.3) is 11.3 Å². The minimum Gasteiger partial charge on any atom is -0.539 e. The maximum absolute atomic E-state index is 12.8. The lowest BCUT2D eigenvalue weighted by atomic mass is 10.0. The largest absolute Gasteiger partial charge is 0.539 e. The van der Waals surface area contributed by atoms with E-state index in [1.807, 2.05) is 44.2 Å². The van der Waals surface area contributed by atoms with Gasteiger partial charge in [0.2, 0.25) is 5.91 Å². The second kappa shape index (κ2) is 8.96. The van der Waals surface area contributed by atoms with E-state index < -0.39 is 11.2 Å². The summed E-state index contributed by atoms with van der Waals surface area (Å²) in [6.45, 7) is 5.44. The Bertz CT molecular complexity index is 1260. The first kappa shape index (κ1) is 22.6. The molecule has 0 bridgehead atoms. The number of carbonyl (C=O) groups excluding carboxylic acids is 1. The number of carbonyl (C=O) groups is 1. The molecule has 2 aromatic heterocycles. The molecule has 1 aromatic carbocycles. The van der Waals surface area contributed by atoms with Crippen molar-refractivity contribution in [3.63, 3.8) is 0 Å². The lowest BCUT2D eigenvalue weighted by Crippen LogP contribution is -2.32. The SMILES string of the molecule is Cc1cccc(C)c1NC(=O)C(C)Sc1nc(N)c(C#N)c(-c2c([O-])on[n+]2C)c1C#N. The summed E-state index contributed by atoms with van der Waals surface area (Å²) in [5.41, 5.74) is 8.16. The van der Waals surface area contributed by atoms with Crippen molar-refractivity contribution >= 4 is 29.2 Å². The van der Waals surface area contributed by atoms with Gasteiger partial charge in [-0.1, -0.05) is 34.6 Å². The van der Waals surface area contributed by atoms with Crippen LogP contribution in [0, 0.1) is 36.5 Å². The van der Waals surface area contributed by atoms with Gasteiger partial charge in [0.05, 0.1) is 21.6 Å². The lowest BCUT2D eigenvalue weighted by molar-refractivity contribution is -0.730. The molecule has 0 fully saturated rings. The molecule has 1 unspecified atom stereocenters. The molecular weight excluding hydrogens is 430 g/mol. The smallest absolute Gasteiger partial charge is 0.266 e. The van der Waals surface area contributed by atoms with Gasteiger partial charge in [-0.15, -0.1) is 0 Å². The first-order chi connectivity index (χ1) is 15.2. The van der Waals surface area contributed by atoms with Crippen molar-refractivity contribution < 1.29 is 19.1 Å². The fourth-order valence-electron chi connectivity index (χ4n) is 3.16. The van der Waals surface area contributed by atoms with Gasteiger partial charge in [-0.2, -0.15) is 10.5 Å². The van der Waals surface area contributed by atoms with E-state index in [1.54, 1.807) is 6.92 Å². The molecule has 0 aliphatic rings. The molecule has 32 heavy (non-hydrogen) atoms. The third kappa shape index (κ3) is 4.06. The number of nitriles is 2. The quantitative estimate of drug-likeness (QED) is 0.435. The number of nitrogen functional groups attached to an aromatic ring is 1. The molecule has 1 atom stereocenters. The number of nitrogens with one attached hydrogen (secondary N) is 1. The van der Waals surface area contributed by atoms with Crippen molar-refractivity contribution in [2.45, 2.75) is 31.0 Å². The Morgan fingerprint density at radius 3 is 2.44 bits per heavy atom. The van der Waals surface area contributed by atoms with E-state index in [-0.39, 0.29) is 39.1 Å². The predicted octanol–water partition coefficient (Wildman–Crippen LogP) is 1.70. The summed E-state index contributed by atoms with van der Waals surface area (Å²) in [6, 6.07) is 9.54. The van der Waals surface area contributed by atoms with Crippen LogP contribution in [0.4, 0.5) is 11.5 Å². The van der Waals surface area contributed by atoms with Gasteiger partial charge in [0, 0.05) is 5.69 Å². The van der Waals surface area contributed by atoms with Crippen LogP contribution < -0.4 is 20.8 Å². The van der Waals surface area contributed by atoms with Crippen LogP contribution in [-0.4, -0.2) is 21.4 Å². The van der Waals surface area contributed by atoms with Crippen molar-refractivity contribution in [1.82, 2.24) is 10.3 Å². The van der Waals surface area contributed by atoms with Crippen LogP contribution in [0.2, 0.25) is 0 Å². The second-order valence-corrected chi connectivity index (χ2v) is 8.33. The summed E-state index contributed by atoms with van der Waals surface area (Å²) in [7, 11) is 1.44. The summed E-state index contributed by atoms with van der Waals surface area (Å²) >= 11 is 0.993. The van der Waals surface area contributed by atoms with E-state index in [4.69, 9.17) is 5.73 Å². The molecule has 0 spiro atoms. The maximum Gasteiger partial charge on any atom is 0.266 e. The van der Waals surface area contributed by atoms with Crippen LogP contribution in [0.3, 0.4) is 0 Å². The van der Waals surface area contributed by atoms with Gasteiger partial charge in [0.1, 0.15) is 28.5 Å². The maximum atomic E-state index is 12.8. The molecule has 0 radical (unpaired) electrons. The zero-order chi connectivity index (χ0) is 23.6. The van der Waals surface area contributed by atoms with E-state index in [1.165, 1.54) is 7.05 Å². The van der Waals surface area contributed by atoms with Gasteiger partial charge >= 0.3 is 0 Å². The van der Waals surface area contributed by atoms with Crippen LogP contribution in [0.1, 0.15) is 29.2 Å². The lowest BCUT2D eigenvalue weighted by Gasteiger charge is -2.16. The molecule has 0 saturated carbocycles. The number of para-hydroxylation sites is 1. The van der Waals surface area contributed by atoms with Crippen LogP contribution in [-0.2, 0) is 11.8 Å². The number of anilines is 2. The minimum atomic E-state index is -0.831. The molecule has 0 aliphatic heterocycles. The normalized spacial score (nSPS) is 11.4.